The summed E-state index contributed by atoms with van der Waals surface area (Å²) in [6.45, 7) is 2.30. The van der Waals surface area contributed by atoms with E-state index in [0.29, 0.717) is 0 Å². The fraction of sp³-hybridized carbons (Fsp3) is 0.185. The average Bonchev–Trinajstić information content (AvgIpc) is 3.24. The van der Waals surface area contributed by atoms with E-state index in [-0.39, 0.29) is 0 Å². The van der Waals surface area contributed by atoms with Crippen LogP contribution < -0.4 is 9.80 Å². The van der Waals surface area contributed by atoms with Crippen molar-refractivity contribution in [3.8, 4) is 11.1 Å². The monoisotopic (exact) mass is 726 g/mol. The van der Waals surface area contributed by atoms with Crippen LogP contribution >= 0.6 is 0 Å². The number of para-hydroxylation sites is 4. The largest absolute Gasteiger partial charge is 0.310 e. The fourth-order valence-electron chi connectivity index (χ4n) is 8.79. The Morgan fingerprint density at radius 2 is 0.839 bits per heavy atom. The van der Waals surface area contributed by atoms with Crippen LogP contribution in [0.5, 0.6) is 0 Å². The molecule has 0 aliphatic heterocycles. The van der Waals surface area contributed by atoms with Gasteiger partial charge in [0.25, 0.3) is 0 Å². The van der Waals surface area contributed by atoms with Crippen LogP contribution in [0.25, 0.3) is 32.7 Å². The Hall–Kier alpha value is -6.12. The third kappa shape index (κ3) is 7.08. The highest BCUT2D eigenvalue weighted by Crippen LogP contribution is 2.46. The highest BCUT2D eigenvalue weighted by molar-refractivity contribution is 6.17. The highest BCUT2D eigenvalue weighted by Gasteiger charge is 2.23. The minimum absolute atomic E-state index is 1.04. The topological polar surface area (TPSA) is 6.48 Å². The maximum absolute atomic E-state index is 2.51. The Kier molecular flexibility index (Phi) is 10.4. The molecule has 56 heavy (non-hydrogen) atoms. The van der Waals surface area contributed by atoms with E-state index in [4.69, 9.17) is 0 Å². The van der Waals surface area contributed by atoms with Crippen LogP contribution in [-0.2, 0) is 19.3 Å². The molecule has 1 aliphatic rings. The third-order valence-corrected chi connectivity index (χ3v) is 11.7. The van der Waals surface area contributed by atoms with Crippen LogP contribution in [0.2, 0.25) is 0 Å². The van der Waals surface area contributed by atoms with Crippen molar-refractivity contribution in [2.75, 3.05) is 9.80 Å². The molecule has 8 aromatic rings. The van der Waals surface area contributed by atoms with Crippen molar-refractivity contribution in [3.05, 3.63) is 193 Å². The van der Waals surface area contributed by atoms with Gasteiger partial charge in [-0.15, -0.1) is 0 Å². The quantitative estimate of drug-likeness (QED) is 0.0813. The van der Waals surface area contributed by atoms with E-state index < -0.39 is 0 Å². The van der Waals surface area contributed by atoms with Crippen LogP contribution in [0.3, 0.4) is 0 Å². The van der Waals surface area contributed by atoms with Crippen LogP contribution in [0.4, 0.5) is 34.1 Å². The third-order valence-electron chi connectivity index (χ3n) is 11.7. The summed E-state index contributed by atoms with van der Waals surface area (Å²) in [6, 6.07) is 64.9. The van der Waals surface area contributed by atoms with Crippen molar-refractivity contribution in [3.63, 3.8) is 0 Å². The van der Waals surface area contributed by atoms with Gasteiger partial charge < -0.3 is 9.80 Å². The zero-order valence-electron chi connectivity index (χ0n) is 32.5. The van der Waals surface area contributed by atoms with E-state index in [1.807, 2.05) is 0 Å². The summed E-state index contributed by atoms with van der Waals surface area (Å²) in [5.74, 6) is 0. The van der Waals surface area contributed by atoms with Crippen molar-refractivity contribution in [1.29, 1.82) is 0 Å². The van der Waals surface area contributed by atoms with Gasteiger partial charge in [0, 0.05) is 34.1 Å². The molecule has 0 atom stereocenters. The van der Waals surface area contributed by atoms with Gasteiger partial charge in [0.1, 0.15) is 0 Å². The van der Waals surface area contributed by atoms with Gasteiger partial charge in [0.05, 0.1) is 0 Å². The summed E-state index contributed by atoms with van der Waals surface area (Å²) in [5, 5.41) is 5.29. The molecule has 0 unspecified atom stereocenters. The molecule has 0 spiro atoms. The van der Waals surface area contributed by atoms with Crippen molar-refractivity contribution in [2.24, 2.45) is 0 Å². The number of hydrogen-bond donors (Lipinski definition) is 0. The van der Waals surface area contributed by atoms with E-state index in [0.717, 1.165) is 35.6 Å². The summed E-state index contributed by atoms with van der Waals surface area (Å²) in [6.07, 6.45) is 11.0. The lowest BCUT2D eigenvalue weighted by atomic mass is 9.81. The molecule has 2 nitrogen and oxygen atoms in total. The number of anilines is 6. The van der Waals surface area contributed by atoms with Gasteiger partial charge in [-0.1, -0.05) is 142 Å². The van der Waals surface area contributed by atoms with Crippen molar-refractivity contribution >= 4 is 55.7 Å². The molecule has 0 amide bonds. The predicted octanol–water partition coefficient (Wildman–Crippen LogP) is 15.6. The summed E-state index contributed by atoms with van der Waals surface area (Å²) in [4.78, 5) is 4.81. The summed E-state index contributed by atoms with van der Waals surface area (Å²) in [7, 11) is 0. The van der Waals surface area contributed by atoms with Gasteiger partial charge in [-0.2, -0.15) is 0 Å². The standard InChI is InChI=1S/C54H50N2/c1-2-3-4-5-6-19-28-51-52-38-47(55(43-20-11-7-12-21-43)44-22-13-8-14-23-44)33-35-49(52)50-36-34-48(39-53(50)54(51)42-32-30-40-29-31-41(40)37-42)56(45-24-15-9-16-25-45)46-26-17-10-18-27-46/h7-18,20-27,30,32-39H,2-6,19,28-29,31H2,1H3. The average molecular weight is 727 g/mol. The minimum Gasteiger partial charge on any atom is -0.310 e. The van der Waals surface area contributed by atoms with Crippen LogP contribution in [0.15, 0.2) is 176 Å². The number of benzene rings is 8. The maximum atomic E-state index is 2.51. The zero-order chi connectivity index (χ0) is 37.7. The highest BCUT2D eigenvalue weighted by atomic mass is 15.1. The molecule has 8 aromatic carbocycles. The Balaban J connectivity index is 1.30. The normalized spacial score (nSPS) is 12.0. The molecule has 0 aromatic heterocycles. The maximum Gasteiger partial charge on any atom is 0.0468 e. The number of rotatable bonds is 14. The lowest BCUT2D eigenvalue weighted by Gasteiger charge is -2.28. The molecule has 0 saturated heterocycles. The molecule has 0 bridgehead atoms. The van der Waals surface area contributed by atoms with E-state index in [1.165, 1.54) is 106 Å². The second-order valence-corrected chi connectivity index (χ2v) is 15.3. The molecule has 9 rings (SSSR count). The van der Waals surface area contributed by atoms with Crippen LogP contribution in [0.1, 0.15) is 62.1 Å². The Morgan fingerprint density at radius 1 is 0.375 bits per heavy atom. The van der Waals surface area contributed by atoms with Crippen LogP contribution in [-0.4, -0.2) is 0 Å². The van der Waals surface area contributed by atoms with Gasteiger partial charge in [0.15, 0.2) is 0 Å². The molecular weight excluding hydrogens is 677 g/mol. The fourth-order valence-corrected chi connectivity index (χ4v) is 8.79. The summed E-state index contributed by atoms with van der Waals surface area (Å²) in [5.41, 5.74) is 14.2. The van der Waals surface area contributed by atoms with E-state index in [1.54, 1.807) is 0 Å². The number of aryl methyl sites for hydroxylation is 3. The molecule has 0 fully saturated rings. The number of nitrogens with zero attached hydrogens (tertiary/aromatic N) is 2. The van der Waals surface area contributed by atoms with Gasteiger partial charge in [-0.05, 0) is 148 Å². The van der Waals surface area contributed by atoms with Gasteiger partial charge in [0.2, 0.25) is 0 Å². The molecule has 276 valence electrons. The van der Waals surface area contributed by atoms with Crippen molar-refractivity contribution in [2.45, 2.75) is 64.7 Å². The first-order valence-electron chi connectivity index (χ1n) is 20.7. The number of fused-ring (bicyclic) bond motifs is 4. The molecule has 0 heterocycles. The van der Waals surface area contributed by atoms with Gasteiger partial charge in [-0.3, -0.25) is 0 Å². The van der Waals surface area contributed by atoms with E-state index in [2.05, 4.69) is 193 Å². The Morgan fingerprint density at radius 3 is 1.32 bits per heavy atom. The first-order valence-corrected chi connectivity index (χ1v) is 20.7. The summed E-state index contributed by atoms with van der Waals surface area (Å²) >= 11 is 0. The minimum atomic E-state index is 1.04. The molecule has 1 aliphatic carbocycles. The van der Waals surface area contributed by atoms with Crippen LogP contribution in [0, 0.1) is 0 Å². The van der Waals surface area contributed by atoms with Gasteiger partial charge >= 0.3 is 0 Å². The molecule has 2 heteroatoms. The number of hydrogen-bond acceptors (Lipinski definition) is 2. The molecule has 0 radical (unpaired) electrons. The lowest BCUT2D eigenvalue weighted by molar-refractivity contribution is 0.608. The summed E-state index contributed by atoms with van der Waals surface area (Å²) < 4.78 is 0. The Labute approximate surface area is 332 Å². The van der Waals surface area contributed by atoms with Crippen molar-refractivity contribution in [1.82, 2.24) is 0 Å². The van der Waals surface area contributed by atoms with E-state index >= 15 is 0 Å². The second kappa shape index (κ2) is 16.3. The molecule has 0 N–H and O–H groups in total. The number of unbranched alkanes of at least 4 members (excludes halogenated alkanes) is 5. The zero-order valence-corrected chi connectivity index (χ0v) is 32.5. The second-order valence-electron chi connectivity index (χ2n) is 15.3. The first-order chi connectivity index (χ1) is 27.8. The smallest absolute Gasteiger partial charge is 0.0468 e. The van der Waals surface area contributed by atoms with Crippen molar-refractivity contribution < 1.29 is 0 Å². The SMILES string of the molecule is CCCCCCCCc1c(-c2ccc3c(c2)CC3)c2cc(N(c3ccccc3)c3ccccc3)ccc2c2ccc(N(c3ccccc3)c3ccccc3)cc12. The predicted molar refractivity (Wildman–Crippen MR) is 241 cm³/mol. The van der Waals surface area contributed by atoms with E-state index in [9.17, 15) is 0 Å². The molecule has 0 saturated carbocycles. The molecular formula is C54H50N2. The van der Waals surface area contributed by atoms with Gasteiger partial charge in [-0.25, -0.2) is 0 Å². The lowest BCUT2D eigenvalue weighted by Crippen LogP contribution is -2.11. The Bertz CT molecular complexity index is 2480. The first kappa shape index (κ1) is 35.6.